The van der Waals surface area contributed by atoms with Gasteiger partial charge in [0.25, 0.3) is 0 Å². The van der Waals surface area contributed by atoms with Gasteiger partial charge in [0.1, 0.15) is 16.1 Å². The number of hydrogen-bond donors (Lipinski definition) is 2. The van der Waals surface area contributed by atoms with Gasteiger partial charge in [0, 0.05) is 37.6 Å². The molecule has 1 fully saturated rings. The lowest BCUT2D eigenvalue weighted by atomic mass is 10.1. The van der Waals surface area contributed by atoms with Crippen molar-refractivity contribution < 1.29 is 26.7 Å². The van der Waals surface area contributed by atoms with Crippen molar-refractivity contribution in [2.45, 2.75) is 39.0 Å². The molecule has 2 aromatic carbocycles. The number of nitrogens with one attached hydrogen (secondary N) is 1. The number of halogens is 2. The summed E-state index contributed by atoms with van der Waals surface area (Å²) in [7, 11) is -7.80. The van der Waals surface area contributed by atoms with Gasteiger partial charge in [0.15, 0.2) is 0 Å². The van der Waals surface area contributed by atoms with Crippen molar-refractivity contribution in [1.82, 2.24) is 9.62 Å². The third-order valence-electron chi connectivity index (χ3n) is 5.89. The molecule has 2 heterocycles. The molecule has 1 aliphatic rings. The molecular weight excluding hydrogens is 579 g/mol. The predicted octanol–water partition coefficient (Wildman–Crippen LogP) is 4.07. The first kappa shape index (κ1) is 28.3. The van der Waals surface area contributed by atoms with Gasteiger partial charge in [-0.05, 0) is 43.2 Å². The Morgan fingerprint density at radius 2 is 1.70 bits per heavy atom. The van der Waals surface area contributed by atoms with Crippen LogP contribution in [0.2, 0.25) is 10.0 Å². The van der Waals surface area contributed by atoms with Crippen LogP contribution in [-0.4, -0.2) is 65.2 Å². The van der Waals surface area contributed by atoms with E-state index < -0.39 is 26.0 Å². The summed E-state index contributed by atoms with van der Waals surface area (Å²) in [5, 5.41) is 12.6. The largest absolute Gasteiger partial charge is 0.490 e. The number of sulfonamides is 1. The Kier molecular flexibility index (Phi) is 9.18. The maximum Gasteiger partial charge on any atom is 0.250 e. The number of aliphatic hydroxyl groups is 1. The summed E-state index contributed by atoms with van der Waals surface area (Å²) in [4.78, 5) is 2.05. The Bertz CT molecular complexity index is 1420. The lowest BCUT2D eigenvalue weighted by Crippen LogP contribution is -2.44. The van der Waals surface area contributed by atoms with E-state index in [1.807, 2.05) is 4.90 Å². The van der Waals surface area contributed by atoms with E-state index in [4.69, 9.17) is 27.9 Å². The summed E-state index contributed by atoms with van der Waals surface area (Å²) >= 11 is 12.8. The predicted molar refractivity (Wildman–Crippen MR) is 144 cm³/mol. The minimum absolute atomic E-state index is 0.00401. The first-order valence-corrected chi connectivity index (χ1v) is 16.1. The monoisotopic (exact) mass is 604 g/mol. The molecule has 13 heteroatoms. The van der Waals surface area contributed by atoms with E-state index in [9.17, 15) is 21.9 Å². The van der Waals surface area contributed by atoms with Crippen LogP contribution in [0.3, 0.4) is 0 Å². The molecule has 0 bridgehead atoms. The van der Waals surface area contributed by atoms with Crippen LogP contribution in [0, 0.1) is 0 Å². The van der Waals surface area contributed by atoms with Crippen molar-refractivity contribution in [2.24, 2.45) is 0 Å². The van der Waals surface area contributed by atoms with Crippen molar-refractivity contribution in [3.63, 3.8) is 0 Å². The molecule has 0 spiro atoms. The van der Waals surface area contributed by atoms with Crippen molar-refractivity contribution in [3.8, 4) is 5.75 Å². The van der Waals surface area contributed by atoms with Crippen molar-refractivity contribution in [1.29, 1.82) is 0 Å². The van der Waals surface area contributed by atoms with Gasteiger partial charge in [-0.3, -0.25) is 0 Å². The zero-order valence-electron chi connectivity index (χ0n) is 19.6. The summed E-state index contributed by atoms with van der Waals surface area (Å²) in [5.41, 5.74) is 0. The smallest absolute Gasteiger partial charge is 0.250 e. The number of β-amino-alcohol motifs (C(OH)–C–C–N with tert-alkyl or cyclic N) is 1. The second-order valence-corrected chi connectivity index (χ2v) is 14.3. The second-order valence-electron chi connectivity index (χ2n) is 8.62. The van der Waals surface area contributed by atoms with E-state index in [1.54, 1.807) is 36.4 Å². The van der Waals surface area contributed by atoms with Gasteiger partial charge in [0.05, 0.1) is 25.9 Å². The fourth-order valence-corrected chi connectivity index (χ4v) is 8.22. The molecule has 1 atom stereocenters. The van der Waals surface area contributed by atoms with E-state index in [-0.39, 0.29) is 26.6 Å². The topological polar surface area (TPSA) is 113 Å². The molecule has 0 aliphatic carbocycles. The number of ether oxygens (including phenoxy) is 1. The number of likely N-dealkylation sites (tertiary alicyclic amines) is 1. The molecule has 2 N–H and O–H groups in total. The third kappa shape index (κ3) is 7.24. The van der Waals surface area contributed by atoms with Gasteiger partial charge in [-0.25, -0.2) is 21.6 Å². The van der Waals surface area contributed by atoms with Crippen molar-refractivity contribution >= 4 is 54.4 Å². The highest BCUT2D eigenvalue weighted by atomic mass is 35.5. The van der Waals surface area contributed by atoms with Crippen LogP contribution in [0.1, 0.15) is 12.8 Å². The summed E-state index contributed by atoms with van der Waals surface area (Å²) in [6, 6.07) is 14.1. The normalized spacial score (nSPS) is 16.5. The van der Waals surface area contributed by atoms with Crippen LogP contribution >= 0.6 is 34.5 Å². The van der Waals surface area contributed by atoms with Gasteiger partial charge in [-0.1, -0.05) is 41.4 Å². The summed E-state index contributed by atoms with van der Waals surface area (Å²) in [5.74, 6) is 0.649. The van der Waals surface area contributed by atoms with Crippen LogP contribution in [-0.2, 0) is 19.9 Å². The van der Waals surface area contributed by atoms with E-state index in [1.165, 1.54) is 17.5 Å². The zero-order chi connectivity index (χ0) is 26.6. The Morgan fingerprint density at radius 1 is 1.00 bits per heavy atom. The lowest BCUT2D eigenvalue weighted by Gasteiger charge is -2.33. The molecule has 1 aromatic heterocycles. The van der Waals surface area contributed by atoms with E-state index in [0.717, 1.165) is 30.2 Å². The van der Waals surface area contributed by atoms with Gasteiger partial charge in [-0.15, -0.1) is 11.3 Å². The number of hydrogen-bond acceptors (Lipinski definition) is 8. The molecule has 0 radical (unpaired) electrons. The van der Waals surface area contributed by atoms with Crippen LogP contribution < -0.4 is 9.46 Å². The number of piperidine rings is 1. The lowest BCUT2D eigenvalue weighted by molar-refractivity contribution is 0.0630. The quantitative estimate of drug-likeness (QED) is 0.358. The molecule has 37 heavy (non-hydrogen) atoms. The van der Waals surface area contributed by atoms with Gasteiger partial charge >= 0.3 is 0 Å². The molecule has 200 valence electrons. The fourth-order valence-electron chi connectivity index (χ4n) is 3.91. The first-order chi connectivity index (χ1) is 17.5. The third-order valence-corrected chi connectivity index (χ3v) is 11.4. The molecule has 1 saturated heterocycles. The Labute approximate surface area is 230 Å². The highest BCUT2D eigenvalue weighted by Crippen LogP contribution is 2.29. The van der Waals surface area contributed by atoms with Gasteiger partial charge in [-0.2, -0.15) is 0 Å². The van der Waals surface area contributed by atoms with Crippen LogP contribution in [0.4, 0.5) is 0 Å². The summed E-state index contributed by atoms with van der Waals surface area (Å²) in [6.07, 6.45) is 0.554. The Balaban J connectivity index is 1.26. The first-order valence-electron chi connectivity index (χ1n) is 11.4. The molecule has 1 aliphatic heterocycles. The van der Waals surface area contributed by atoms with Crippen molar-refractivity contribution in [2.75, 3.05) is 26.2 Å². The fraction of sp³-hybridized carbons (Fsp3) is 0.333. The molecular formula is C24H26Cl2N2O6S3. The highest BCUT2D eigenvalue weighted by molar-refractivity contribution is 7.93. The molecule has 8 nitrogen and oxygen atoms in total. The molecule has 0 saturated carbocycles. The minimum Gasteiger partial charge on any atom is -0.490 e. The summed E-state index contributed by atoms with van der Waals surface area (Å²) < 4.78 is 59.1. The SMILES string of the molecule is O=S(=O)(NCC(O)CN1CCC(Oc2ccc(Cl)c(Cl)c2)CC1)c1cc(S(=O)(=O)c2ccccc2)cs1. The van der Waals surface area contributed by atoms with Gasteiger partial charge in [0.2, 0.25) is 19.9 Å². The van der Waals surface area contributed by atoms with E-state index in [2.05, 4.69) is 4.72 Å². The zero-order valence-corrected chi connectivity index (χ0v) is 23.5. The minimum atomic E-state index is -3.98. The average Bonchev–Trinajstić information content (AvgIpc) is 3.39. The Morgan fingerprint density at radius 3 is 2.38 bits per heavy atom. The number of aliphatic hydroxyl groups excluding tert-OH is 1. The molecule has 0 amide bonds. The molecule has 3 aromatic rings. The number of thiophene rings is 1. The molecule has 1 unspecified atom stereocenters. The maximum atomic E-state index is 12.7. The molecule has 4 rings (SSSR count). The van der Waals surface area contributed by atoms with Crippen LogP contribution in [0.15, 0.2) is 74.0 Å². The Hall–Kier alpha value is -1.70. The van der Waals surface area contributed by atoms with E-state index in [0.29, 0.717) is 35.4 Å². The average molecular weight is 606 g/mol. The standard InChI is InChI=1S/C24H26Cl2N2O6S3/c25-22-7-6-19(12-23(22)26)34-18-8-10-28(11-9-18)15-17(29)14-27-37(32,33)24-13-21(16-35-24)36(30,31)20-4-2-1-3-5-20/h1-7,12-13,16-18,27,29H,8-11,14-15H2. The van der Waals surface area contributed by atoms with Crippen LogP contribution in [0.25, 0.3) is 0 Å². The highest BCUT2D eigenvalue weighted by Gasteiger charge is 2.26. The number of sulfone groups is 1. The number of rotatable bonds is 10. The second kappa shape index (κ2) is 12.0. The van der Waals surface area contributed by atoms with Crippen LogP contribution in [0.5, 0.6) is 5.75 Å². The van der Waals surface area contributed by atoms with Gasteiger partial charge < -0.3 is 14.7 Å². The maximum absolute atomic E-state index is 12.7. The number of benzene rings is 2. The van der Waals surface area contributed by atoms with Crippen molar-refractivity contribution in [3.05, 3.63) is 70.0 Å². The number of nitrogens with zero attached hydrogens (tertiary/aromatic N) is 1. The van der Waals surface area contributed by atoms with E-state index >= 15 is 0 Å². The summed E-state index contributed by atoms with van der Waals surface area (Å²) in [6.45, 7) is 1.46.